The molecule has 1 N–H and O–H groups in total. The molecule has 1 atom stereocenters. The smallest absolute Gasteiger partial charge is 0.129 e. The van der Waals surface area contributed by atoms with Crippen LogP contribution in [0, 0.1) is 5.82 Å². The van der Waals surface area contributed by atoms with Crippen LogP contribution in [0.1, 0.15) is 17.9 Å². The molecule has 1 nitrogen and oxygen atoms in total. The summed E-state index contributed by atoms with van der Waals surface area (Å²) in [4.78, 5) is 0. The van der Waals surface area contributed by atoms with E-state index in [1.165, 1.54) is 6.07 Å². The number of hydrogen-bond donors (Lipinski definition) is 1. The summed E-state index contributed by atoms with van der Waals surface area (Å²) in [7, 11) is 0. The summed E-state index contributed by atoms with van der Waals surface area (Å²) in [5, 5.41) is 3.65. The van der Waals surface area contributed by atoms with E-state index < -0.39 is 0 Å². The molecule has 0 bridgehead atoms. The van der Waals surface area contributed by atoms with E-state index in [2.05, 4.69) is 21.2 Å². The molecule has 14 heavy (non-hydrogen) atoms. The van der Waals surface area contributed by atoms with Gasteiger partial charge in [0.1, 0.15) is 5.82 Å². The summed E-state index contributed by atoms with van der Waals surface area (Å²) in [5.41, 5.74) is 0.749. The number of nitrogens with one attached hydrogen (secondary N) is 1. The SMILES string of the molecule is Fc1cc(Cl)cc(Br)c1C1CCNC1. The van der Waals surface area contributed by atoms with E-state index in [9.17, 15) is 4.39 Å². The highest BCUT2D eigenvalue weighted by molar-refractivity contribution is 9.10. The maximum atomic E-state index is 13.6. The highest BCUT2D eigenvalue weighted by Crippen LogP contribution is 2.33. The van der Waals surface area contributed by atoms with Gasteiger partial charge in [0.05, 0.1) is 0 Å². The van der Waals surface area contributed by atoms with Crippen LogP contribution in [-0.2, 0) is 0 Å². The Bertz CT molecular complexity index is 327. The predicted molar refractivity (Wildman–Crippen MR) is 59.3 cm³/mol. The Kier molecular flexibility index (Phi) is 3.10. The highest BCUT2D eigenvalue weighted by Gasteiger charge is 2.22. The minimum atomic E-state index is -0.210. The minimum absolute atomic E-state index is 0.210. The first-order chi connectivity index (χ1) is 6.68. The second-order valence-electron chi connectivity index (χ2n) is 3.47. The second-order valence-corrected chi connectivity index (χ2v) is 4.76. The number of hydrogen-bond acceptors (Lipinski definition) is 1. The van der Waals surface area contributed by atoms with Crippen molar-refractivity contribution in [1.82, 2.24) is 5.32 Å². The molecule has 0 aliphatic carbocycles. The Morgan fingerprint density at radius 2 is 2.29 bits per heavy atom. The van der Waals surface area contributed by atoms with Gasteiger partial charge in [0, 0.05) is 27.5 Å². The number of halogens is 3. The van der Waals surface area contributed by atoms with E-state index in [0.29, 0.717) is 5.02 Å². The van der Waals surface area contributed by atoms with Crippen molar-refractivity contribution in [1.29, 1.82) is 0 Å². The van der Waals surface area contributed by atoms with Gasteiger partial charge >= 0.3 is 0 Å². The molecule has 1 aliphatic heterocycles. The molecule has 4 heteroatoms. The monoisotopic (exact) mass is 277 g/mol. The maximum absolute atomic E-state index is 13.6. The quantitative estimate of drug-likeness (QED) is 0.831. The van der Waals surface area contributed by atoms with Gasteiger partial charge in [-0.3, -0.25) is 0 Å². The van der Waals surface area contributed by atoms with Crippen LogP contribution >= 0.6 is 27.5 Å². The first kappa shape index (κ1) is 10.4. The van der Waals surface area contributed by atoms with Gasteiger partial charge in [-0.1, -0.05) is 27.5 Å². The summed E-state index contributed by atoms with van der Waals surface area (Å²) in [6.45, 7) is 1.80. The molecule has 1 aliphatic rings. The summed E-state index contributed by atoms with van der Waals surface area (Å²) >= 11 is 9.10. The third-order valence-corrected chi connectivity index (χ3v) is 3.39. The van der Waals surface area contributed by atoms with Gasteiger partial charge in [0.15, 0.2) is 0 Å². The zero-order chi connectivity index (χ0) is 10.1. The van der Waals surface area contributed by atoms with Crippen LogP contribution in [0.4, 0.5) is 4.39 Å². The second kappa shape index (κ2) is 4.17. The van der Waals surface area contributed by atoms with Crippen LogP contribution in [0.5, 0.6) is 0 Å². The Morgan fingerprint density at radius 1 is 1.50 bits per heavy atom. The summed E-state index contributed by atoms with van der Waals surface area (Å²) < 4.78 is 14.4. The normalized spacial score (nSPS) is 21.5. The van der Waals surface area contributed by atoms with Crippen molar-refractivity contribution in [3.05, 3.63) is 33.0 Å². The van der Waals surface area contributed by atoms with Crippen LogP contribution in [0.15, 0.2) is 16.6 Å². The van der Waals surface area contributed by atoms with Gasteiger partial charge in [0.25, 0.3) is 0 Å². The van der Waals surface area contributed by atoms with Gasteiger partial charge in [0.2, 0.25) is 0 Å². The van der Waals surface area contributed by atoms with Crippen molar-refractivity contribution >= 4 is 27.5 Å². The molecule has 2 rings (SSSR count). The zero-order valence-electron chi connectivity index (χ0n) is 7.49. The van der Waals surface area contributed by atoms with E-state index in [4.69, 9.17) is 11.6 Å². The maximum Gasteiger partial charge on any atom is 0.129 e. The Hall–Kier alpha value is -0.120. The van der Waals surface area contributed by atoms with Gasteiger partial charge in [-0.25, -0.2) is 4.39 Å². The van der Waals surface area contributed by atoms with E-state index in [-0.39, 0.29) is 11.7 Å². The molecule has 1 fully saturated rings. The first-order valence-electron chi connectivity index (χ1n) is 4.53. The Balaban J connectivity index is 2.40. The fourth-order valence-electron chi connectivity index (χ4n) is 1.84. The fourth-order valence-corrected chi connectivity index (χ4v) is 2.94. The van der Waals surface area contributed by atoms with Crippen LogP contribution in [-0.4, -0.2) is 13.1 Å². The Labute approximate surface area is 95.8 Å². The topological polar surface area (TPSA) is 12.0 Å². The average Bonchev–Trinajstić information content (AvgIpc) is 2.54. The molecule has 1 saturated heterocycles. The van der Waals surface area contributed by atoms with Crippen molar-refractivity contribution in [3.63, 3.8) is 0 Å². The van der Waals surface area contributed by atoms with Crippen molar-refractivity contribution < 1.29 is 4.39 Å². The highest BCUT2D eigenvalue weighted by atomic mass is 79.9. The van der Waals surface area contributed by atoms with E-state index in [0.717, 1.165) is 29.5 Å². The van der Waals surface area contributed by atoms with Crippen molar-refractivity contribution in [2.45, 2.75) is 12.3 Å². The van der Waals surface area contributed by atoms with Gasteiger partial charge in [-0.15, -0.1) is 0 Å². The van der Waals surface area contributed by atoms with Crippen molar-refractivity contribution in [2.75, 3.05) is 13.1 Å². The van der Waals surface area contributed by atoms with Crippen molar-refractivity contribution in [2.24, 2.45) is 0 Å². The molecule has 0 saturated carbocycles. The Morgan fingerprint density at radius 3 is 2.86 bits per heavy atom. The average molecular weight is 279 g/mol. The van der Waals surface area contributed by atoms with E-state index in [1.54, 1.807) is 6.07 Å². The van der Waals surface area contributed by atoms with Gasteiger partial charge in [-0.05, 0) is 25.1 Å². The molecule has 1 heterocycles. The van der Waals surface area contributed by atoms with E-state index in [1.807, 2.05) is 0 Å². The van der Waals surface area contributed by atoms with Crippen LogP contribution < -0.4 is 5.32 Å². The molecular weight excluding hydrogens is 268 g/mol. The molecule has 0 amide bonds. The summed E-state index contributed by atoms with van der Waals surface area (Å²) in [5.74, 6) is 0.0553. The standard InChI is InChI=1S/C10H10BrClFN/c11-8-3-7(12)4-9(13)10(8)6-1-2-14-5-6/h3-4,6,14H,1-2,5H2. The lowest BCUT2D eigenvalue weighted by Gasteiger charge is -2.12. The lowest BCUT2D eigenvalue weighted by Crippen LogP contribution is -2.09. The van der Waals surface area contributed by atoms with Gasteiger partial charge < -0.3 is 5.32 Å². The third kappa shape index (κ3) is 1.95. The fraction of sp³-hybridized carbons (Fsp3) is 0.400. The molecule has 0 radical (unpaired) electrons. The van der Waals surface area contributed by atoms with Crippen LogP contribution in [0.3, 0.4) is 0 Å². The number of benzene rings is 1. The molecular formula is C10H10BrClFN. The third-order valence-electron chi connectivity index (χ3n) is 2.51. The molecule has 76 valence electrons. The van der Waals surface area contributed by atoms with Crippen LogP contribution in [0.25, 0.3) is 0 Å². The predicted octanol–water partition coefficient (Wildman–Crippen LogP) is 3.32. The zero-order valence-corrected chi connectivity index (χ0v) is 9.83. The lowest BCUT2D eigenvalue weighted by molar-refractivity contribution is 0.586. The molecule has 1 aromatic carbocycles. The minimum Gasteiger partial charge on any atom is -0.316 e. The lowest BCUT2D eigenvalue weighted by atomic mass is 9.98. The van der Waals surface area contributed by atoms with Crippen LogP contribution in [0.2, 0.25) is 5.02 Å². The number of rotatable bonds is 1. The van der Waals surface area contributed by atoms with E-state index >= 15 is 0 Å². The van der Waals surface area contributed by atoms with Gasteiger partial charge in [-0.2, -0.15) is 0 Å². The van der Waals surface area contributed by atoms with Crippen molar-refractivity contribution in [3.8, 4) is 0 Å². The molecule has 1 unspecified atom stereocenters. The molecule has 0 spiro atoms. The first-order valence-corrected chi connectivity index (χ1v) is 5.70. The summed E-state index contributed by atoms with van der Waals surface area (Å²) in [6.07, 6.45) is 0.983. The molecule has 1 aromatic rings. The molecule has 0 aromatic heterocycles. The summed E-state index contributed by atoms with van der Waals surface area (Å²) in [6, 6.07) is 3.12. The largest absolute Gasteiger partial charge is 0.316 e.